The smallest absolute Gasteiger partial charge is 0.171 e. The van der Waals surface area contributed by atoms with Crippen LogP contribution in [0.2, 0.25) is 0 Å². The largest absolute Gasteiger partial charge is 0.360 e. The second-order valence-electron chi connectivity index (χ2n) is 5.63. The van der Waals surface area contributed by atoms with Crippen LogP contribution in [0.5, 0.6) is 0 Å². The minimum Gasteiger partial charge on any atom is -0.360 e. The standard InChI is InChI=1S/C16H20N6S/c1-12-4-5-15(21-20-12)22-9-6-13(7-10-22)18-16(23)19-14-3-2-8-17-11-14/h2-5,8,11,13H,6-7,9-10H2,1H3,(H2,18,19,23). The number of aromatic nitrogens is 3. The van der Waals surface area contributed by atoms with Gasteiger partial charge in [-0.05, 0) is 56.2 Å². The van der Waals surface area contributed by atoms with Gasteiger partial charge in [-0.2, -0.15) is 5.10 Å². The molecule has 1 aliphatic heterocycles. The Balaban J connectivity index is 1.47. The second-order valence-corrected chi connectivity index (χ2v) is 6.04. The summed E-state index contributed by atoms with van der Waals surface area (Å²) in [6, 6.07) is 8.23. The van der Waals surface area contributed by atoms with Gasteiger partial charge in [-0.3, -0.25) is 4.98 Å². The number of aryl methyl sites for hydroxylation is 1. The maximum absolute atomic E-state index is 5.37. The van der Waals surface area contributed by atoms with Crippen LogP contribution in [-0.2, 0) is 0 Å². The van der Waals surface area contributed by atoms with Crippen LogP contribution in [0, 0.1) is 6.92 Å². The van der Waals surface area contributed by atoms with E-state index in [1.54, 1.807) is 12.4 Å². The number of rotatable bonds is 3. The number of nitrogens with one attached hydrogen (secondary N) is 2. The predicted molar refractivity (Wildman–Crippen MR) is 95.6 cm³/mol. The van der Waals surface area contributed by atoms with Gasteiger partial charge < -0.3 is 15.5 Å². The summed E-state index contributed by atoms with van der Waals surface area (Å²) in [6.07, 6.45) is 5.53. The van der Waals surface area contributed by atoms with E-state index in [0.29, 0.717) is 11.2 Å². The van der Waals surface area contributed by atoms with Gasteiger partial charge in [-0.1, -0.05) is 0 Å². The summed E-state index contributed by atoms with van der Waals surface area (Å²) in [4.78, 5) is 6.33. The zero-order chi connectivity index (χ0) is 16.1. The van der Waals surface area contributed by atoms with Crippen LogP contribution in [0.1, 0.15) is 18.5 Å². The summed E-state index contributed by atoms with van der Waals surface area (Å²) in [7, 11) is 0. The van der Waals surface area contributed by atoms with Crippen LogP contribution in [0.4, 0.5) is 11.5 Å². The molecule has 0 aromatic carbocycles. The molecule has 1 saturated heterocycles. The minimum absolute atomic E-state index is 0.376. The molecule has 0 aliphatic carbocycles. The first-order valence-corrected chi connectivity index (χ1v) is 8.14. The molecular formula is C16H20N6S. The molecule has 23 heavy (non-hydrogen) atoms. The molecular weight excluding hydrogens is 308 g/mol. The third-order valence-corrected chi connectivity index (χ3v) is 4.08. The molecule has 2 aromatic heterocycles. The van der Waals surface area contributed by atoms with Gasteiger partial charge in [0.1, 0.15) is 0 Å². The van der Waals surface area contributed by atoms with Crippen molar-refractivity contribution in [3.8, 4) is 0 Å². The number of anilines is 2. The molecule has 3 heterocycles. The van der Waals surface area contributed by atoms with Gasteiger partial charge >= 0.3 is 0 Å². The van der Waals surface area contributed by atoms with E-state index in [2.05, 4.69) is 30.7 Å². The molecule has 0 saturated carbocycles. The molecule has 2 aromatic rings. The average Bonchev–Trinajstić information content (AvgIpc) is 2.57. The monoisotopic (exact) mass is 328 g/mol. The van der Waals surface area contributed by atoms with Crippen LogP contribution < -0.4 is 15.5 Å². The topological polar surface area (TPSA) is 66.0 Å². The minimum atomic E-state index is 0.376. The second kappa shape index (κ2) is 7.32. The summed E-state index contributed by atoms with van der Waals surface area (Å²) in [5.74, 6) is 0.949. The lowest BCUT2D eigenvalue weighted by Crippen LogP contribution is -2.46. The zero-order valence-corrected chi connectivity index (χ0v) is 13.9. The Bertz CT molecular complexity index is 637. The number of nitrogens with zero attached hydrogens (tertiary/aromatic N) is 4. The van der Waals surface area contributed by atoms with E-state index in [9.17, 15) is 0 Å². The number of hydrogen-bond acceptors (Lipinski definition) is 5. The highest BCUT2D eigenvalue weighted by atomic mass is 32.1. The molecule has 7 heteroatoms. The van der Waals surface area contributed by atoms with Crippen LogP contribution in [-0.4, -0.2) is 39.4 Å². The van der Waals surface area contributed by atoms with E-state index >= 15 is 0 Å². The van der Waals surface area contributed by atoms with Gasteiger partial charge in [0.2, 0.25) is 0 Å². The summed E-state index contributed by atoms with van der Waals surface area (Å²) in [5.41, 5.74) is 1.84. The van der Waals surface area contributed by atoms with Gasteiger partial charge in [0.25, 0.3) is 0 Å². The molecule has 2 N–H and O–H groups in total. The number of pyridine rings is 1. The summed E-state index contributed by atoms with van der Waals surface area (Å²) in [6.45, 7) is 3.85. The molecule has 0 bridgehead atoms. The third-order valence-electron chi connectivity index (χ3n) is 3.86. The SMILES string of the molecule is Cc1ccc(N2CCC(NC(=S)Nc3cccnc3)CC2)nn1. The van der Waals surface area contributed by atoms with Crippen molar-refractivity contribution in [3.05, 3.63) is 42.4 Å². The fourth-order valence-electron chi connectivity index (χ4n) is 2.60. The summed E-state index contributed by atoms with van der Waals surface area (Å²) in [5, 5.41) is 15.6. The highest BCUT2D eigenvalue weighted by Gasteiger charge is 2.20. The Morgan fingerprint density at radius 3 is 2.70 bits per heavy atom. The van der Waals surface area contributed by atoms with E-state index in [-0.39, 0.29) is 0 Å². The van der Waals surface area contributed by atoms with Gasteiger partial charge in [0.05, 0.1) is 17.6 Å². The molecule has 0 radical (unpaired) electrons. The summed E-state index contributed by atoms with van der Waals surface area (Å²) >= 11 is 5.37. The van der Waals surface area contributed by atoms with Crippen molar-refractivity contribution in [1.29, 1.82) is 0 Å². The molecule has 120 valence electrons. The van der Waals surface area contributed by atoms with Crippen molar-refractivity contribution in [3.63, 3.8) is 0 Å². The zero-order valence-electron chi connectivity index (χ0n) is 13.1. The Labute approximate surface area is 141 Å². The lowest BCUT2D eigenvalue weighted by Gasteiger charge is -2.33. The van der Waals surface area contributed by atoms with E-state index in [0.717, 1.165) is 43.1 Å². The van der Waals surface area contributed by atoms with Gasteiger partial charge in [-0.15, -0.1) is 5.10 Å². The molecule has 3 rings (SSSR count). The van der Waals surface area contributed by atoms with E-state index in [4.69, 9.17) is 12.2 Å². The van der Waals surface area contributed by atoms with Crippen LogP contribution in [0.25, 0.3) is 0 Å². The molecule has 0 unspecified atom stereocenters. The van der Waals surface area contributed by atoms with Crippen LogP contribution in [0.15, 0.2) is 36.7 Å². The predicted octanol–water partition coefficient (Wildman–Crippen LogP) is 2.14. The van der Waals surface area contributed by atoms with Crippen molar-refractivity contribution in [1.82, 2.24) is 20.5 Å². The molecule has 0 amide bonds. The summed E-state index contributed by atoms with van der Waals surface area (Å²) < 4.78 is 0. The van der Waals surface area contributed by atoms with Crippen molar-refractivity contribution in [2.75, 3.05) is 23.3 Å². The Hall–Kier alpha value is -2.28. The lowest BCUT2D eigenvalue weighted by atomic mass is 10.1. The van der Waals surface area contributed by atoms with Crippen molar-refractivity contribution in [2.45, 2.75) is 25.8 Å². The maximum Gasteiger partial charge on any atom is 0.171 e. The van der Waals surface area contributed by atoms with Gasteiger partial charge in [0, 0.05) is 25.3 Å². The van der Waals surface area contributed by atoms with E-state index in [1.165, 1.54) is 0 Å². The van der Waals surface area contributed by atoms with Gasteiger partial charge in [0.15, 0.2) is 10.9 Å². The van der Waals surface area contributed by atoms with E-state index in [1.807, 2.05) is 31.2 Å². The first-order valence-electron chi connectivity index (χ1n) is 7.73. The number of piperidine rings is 1. The van der Waals surface area contributed by atoms with Crippen molar-refractivity contribution < 1.29 is 0 Å². The molecule has 1 aliphatic rings. The van der Waals surface area contributed by atoms with Gasteiger partial charge in [-0.25, -0.2) is 0 Å². The van der Waals surface area contributed by atoms with E-state index < -0.39 is 0 Å². The van der Waals surface area contributed by atoms with Crippen molar-refractivity contribution in [2.24, 2.45) is 0 Å². The molecule has 0 spiro atoms. The van der Waals surface area contributed by atoms with Crippen LogP contribution >= 0.6 is 12.2 Å². The first-order chi connectivity index (χ1) is 11.2. The van der Waals surface area contributed by atoms with Crippen LogP contribution in [0.3, 0.4) is 0 Å². The Kier molecular flexibility index (Phi) is 4.97. The van der Waals surface area contributed by atoms with Crippen molar-refractivity contribution >= 4 is 28.8 Å². The number of hydrogen-bond donors (Lipinski definition) is 2. The normalized spacial score (nSPS) is 15.3. The Morgan fingerprint density at radius 1 is 1.22 bits per heavy atom. The highest BCUT2D eigenvalue weighted by Crippen LogP contribution is 2.17. The lowest BCUT2D eigenvalue weighted by molar-refractivity contribution is 0.465. The fraction of sp³-hybridized carbons (Fsp3) is 0.375. The maximum atomic E-state index is 5.37. The molecule has 1 fully saturated rings. The molecule has 6 nitrogen and oxygen atoms in total. The molecule has 0 atom stereocenters. The first kappa shape index (κ1) is 15.6. The third kappa shape index (κ3) is 4.35. The average molecular weight is 328 g/mol. The fourth-order valence-corrected chi connectivity index (χ4v) is 2.89. The highest BCUT2D eigenvalue weighted by molar-refractivity contribution is 7.80. The number of thiocarbonyl (C=S) groups is 1. The Morgan fingerprint density at radius 2 is 2.04 bits per heavy atom. The quantitative estimate of drug-likeness (QED) is 0.837.